The maximum Gasteiger partial charge on any atom is 0.253 e. The predicted octanol–water partition coefficient (Wildman–Crippen LogP) is 1.79. The van der Waals surface area contributed by atoms with Gasteiger partial charge in [-0.3, -0.25) is 14.5 Å². The number of nitrogens with one attached hydrogen (secondary N) is 1. The largest absolute Gasteiger partial charge is 0.351 e. The number of hydrogen-bond donors (Lipinski definition) is 1. The average molecular weight is 336 g/mol. The zero-order chi connectivity index (χ0) is 16.8. The number of rotatable bonds is 5. The van der Waals surface area contributed by atoms with Crippen molar-refractivity contribution in [1.82, 2.24) is 15.1 Å². The Morgan fingerprint density at radius 1 is 1.35 bits per heavy atom. The second kappa shape index (κ2) is 8.13. The van der Waals surface area contributed by atoms with Crippen LogP contribution < -0.4 is 5.32 Å². The molecule has 1 heterocycles. The minimum absolute atomic E-state index is 0.0143. The van der Waals surface area contributed by atoms with E-state index in [2.05, 4.69) is 16.8 Å². The summed E-state index contributed by atoms with van der Waals surface area (Å²) in [6.07, 6.45) is 1.66. The van der Waals surface area contributed by atoms with Crippen LogP contribution in [0.4, 0.5) is 0 Å². The van der Waals surface area contributed by atoms with Gasteiger partial charge in [0.25, 0.3) is 5.91 Å². The van der Waals surface area contributed by atoms with E-state index in [0.29, 0.717) is 43.3 Å². The van der Waals surface area contributed by atoms with Crippen molar-refractivity contribution in [3.8, 4) is 0 Å². The first kappa shape index (κ1) is 17.5. The molecule has 0 aromatic heterocycles. The molecule has 1 aromatic carbocycles. The Balaban J connectivity index is 1.89. The van der Waals surface area contributed by atoms with Gasteiger partial charge in [0.2, 0.25) is 5.91 Å². The fourth-order valence-corrected chi connectivity index (χ4v) is 2.79. The maximum absolute atomic E-state index is 12.5. The van der Waals surface area contributed by atoms with Crippen molar-refractivity contribution in [1.29, 1.82) is 0 Å². The molecule has 2 rings (SSSR count). The highest BCUT2D eigenvalue weighted by molar-refractivity contribution is 6.30. The summed E-state index contributed by atoms with van der Waals surface area (Å²) in [5, 5.41) is 3.36. The lowest BCUT2D eigenvalue weighted by Gasteiger charge is -2.37. The van der Waals surface area contributed by atoms with Gasteiger partial charge in [0, 0.05) is 43.3 Å². The summed E-state index contributed by atoms with van der Waals surface area (Å²) in [6, 6.07) is 6.77. The van der Waals surface area contributed by atoms with E-state index in [1.165, 1.54) is 0 Å². The molecular formula is C17H22ClN3O2. The van der Waals surface area contributed by atoms with E-state index >= 15 is 0 Å². The molecule has 1 N–H and O–H groups in total. The third-order valence-electron chi connectivity index (χ3n) is 4.02. The smallest absolute Gasteiger partial charge is 0.253 e. The Morgan fingerprint density at radius 2 is 2.04 bits per heavy atom. The third kappa shape index (κ3) is 4.56. The van der Waals surface area contributed by atoms with Crippen LogP contribution in [-0.2, 0) is 4.79 Å². The van der Waals surface area contributed by atoms with Crippen LogP contribution in [0.15, 0.2) is 36.9 Å². The minimum Gasteiger partial charge on any atom is -0.351 e. The van der Waals surface area contributed by atoms with Gasteiger partial charge in [0.15, 0.2) is 0 Å². The summed E-state index contributed by atoms with van der Waals surface area (Å²) in [6.45, 7) is 8.49. The molecule has 0 saturated carbocycles. The molecule has 1 fully saturated rings. The van der Waals surface area contributed by atoms with E-state index in [0.717, 1.165) is 0 Å². The number of piperazine rings is 1. The first-order chi connectivity index (χ1) is 11.0. The fourth-order valence-electron chi connectivity index (χ4n) is 2.60. The number of halogens is 1. The number of carbonyl (C=O) groups excluding carboxylic acids is 2. The van der Waals surface area contributed by atoms with Crippen LogP contribution >= 0.6 is 11.6 Å². The molecule has 1 saturated heterocycles. The summed E-state index contributed by atoms with van der Waals surface area (Å²) < 4.78 is 0. The minimum atomic E-state index is -0.210. The maximum atomic E-state index is 12.5. The van der Waals surface area contributed by atoms with Gasteiger partial charge in [-0.1, -0.05) is 23.7 Å². The molecule has 1 aliphatic heterocycles. The van der Waals surface area contributed by atoms with Gasteiger partial charge in [-0.2, -0.15) is 0 Å². The van der Waals surface area contributed by atoms with Crippen LogP contribution in [0.3, 0.4) is 0 Å². The molecule has 0 spiro atoms. The van der Waals surface area contributed by atoms with Crippen molar-refractivity contribution in [2.24, 2.45) is 0 Å². The van der Waals surface area contributed by atoms with Gasteiger partial charge in [0.1, 0.15) is 0 Å². The van der Waals surface area contributed by atoms with Gasteiger partial charge < -0.3 is 10.2 Å². The monoisotopic (exact) mass is 335 g/mol. The average Bonchev–Trinajstić information content (AvgIpc) is 2.58. The van der Waals surface area contributed by atoms with Gasteiger partial charge >= 0.3 is 0 Å². The molecule has 0 aliphatic carbocycles. The quantitative estimate of drug-likeness (QED) is 0.835. The van der Waals surface area contributed by atoms with Crippen LogP contribution in [0, 0.1) is 0 Å². The molecule has 1 aliphatic rings. The van der Waals surface area contributed by atoms with Crippen LogP contribution in [0.5, 0.6) is 0 Å². The number of carbonyl (C=O) groups is 2. The van der Waals surface area contributed by atoms with E-state index < -0.39 is 0 Å². The van der Waals surface area contributed by atoms with Crippen LogP contribution in [0.2, 0.25) is 5.02 Å². The molecule has 1 aromatic rings. The lowest BCUT2D eigenvalue weighted by molar-refractivity contribution is -0.126. The topological polar surface area (TPSA) is 52.7 Å². The van der Waals surface area contributed by atoms with E-state index in [-0.39, 0.29) is 17.9 Å². The third-order valence-corrected chi connectivity index (χ3v) is 4.26. The van der Waals surface area contributed by atoms with Crippen LogP contribution in [0.1, 0.15) is 17.3 Å². The number of nitrogens with zero attached hydrogens (tertiary/aromatic N) is 2. The zero-order valence-corrected chi connectivity index (χ0v) is 14.1. The Hall–Kier alpha value is -1.85. The van der Waals surface area contributed by atoms with Gasteiger partial charge in [-0.25, -0.2) is 0 Å². The number of hydrogen-bond acceptors (Lipinski definition) is 3. The number of amides is 2. The Labute approximate surface area is 141 Å². The second-order valence-corrected chi connectivity index (χ2v) is 5.98. The van der Waals surface area contributed by atoms with Crippen molar-refractivity contribution in [3.63, 3.8) is 0 Å². The van der Waals surface area contributed by atoms with Crippen molar-refractivity contribution in [2.75, 3.05) is 32.7 Å². The SMILES string of the molecule is C=CCNC(=O)C(C)N1CCN(C(=O)c2cccc(Cl)c2)CC1. The molecule has 5 nitrogen and oxygen atoms in total. The first-order valence-electron chi connectivity index (χ1n) is 7.70. The molecule has 6 heteroatoms. The summed E-state index contributed by atoms with van der Waals surface area (Å²) in [5.74, 6) is -0.0320. The molecule has 2 amide bonds. The molecule has 1 atom stereocenters. The van der Waals surface area contributed by atoms with E-state index in [1.807, 2.05) is 6.92 Å². The van der Waals surface area contributed by atoms with Crippen LogP contribution in [0.25, 0.3) is 0 Å². The Bertz CT molecular complexity index is 583. The highest BCUT2D eigenvalue weighted by atomic mass is 35.5. The lowest BCUT2D eigenvalue weighted by Crippen LogP contribution is -2.55. The van der Waals surface area contributed by atoms with Crippen molar-refractivity contribution < 1.29 is 9.59 Å². The number of benzene rings is 1. The summed E-state index contributed by atoms with van der Waals surface area (Å²) >= 11 is 5.94. The highest BCUT2D eigenvalue weighted by Gasteiger charge is 2.27. The van der Waals surface area contributed by atoms with Gasteiger partial charge in [-0.05, 0) is 25.1 Å². The van der Waals surface area contributed by atoms with Crippen molar-refractivity contribution in [3.05, 3.63) is 47.5 Å². The molecule has 124 valence electrons. The molecule has 23 heavy (non-hydrogen) atoms. The van der Waals surface area contributed by atoms with Gasteiger partial charge in [0.05, 0.1) is 6.04 Å². The van der Waals surface area contributed by atoms with E-state index in [1.54, 1.807) is 35.2 Å². The molecule has 0 radical (unpaired) electrons. The predicted molar refractivity (Wildman–Crippen MR) is 91.6 cm³/mol. The summed E-state index contributed by atoms with van der Waals surface area (Å²) in [7, 11) is 0. The lowest BCUT2D eigenvalue weighted by atomic mass is 10.1. The van der Waals surface area contributed by atoms with Crippen molar-refractivity contribution in [2.45, 2.75) is 13.0 Å². The molecular weight excluding hydrogens is 314 g/mol. The van der Waals surface area contributed by atoms with Crippen molar-refractivity contribution >= 4 is 23.4 Å². The van der Waals surface area contributed by atoms with Crippen LogP contribution in [-0.4, -0.2) is 60.4 Å². The highest BCUT2D eigenvalue weighted by Crippen LogP contribution is 2.15. The zero-order valence-electron chi connectivity index (χ0n) is 13.3. The van der Waals surface area contributed by atoms with E-state index in [4.69, 9.17) is 11.6 Å². The Kier molecular flexibility index (Phi) is 6.19. The standard InChI is InChI=1S/C17H22ClN3O2/c1-3-7-19-16(22)13(2)20-8-10-21(11-9-20)17(23)14-5-4-6-15(18)12-14/h3-6,12-13H,1,7-11H2,2H3,(H,19,22). The fraction of sp³-hybridized carbons (Fsp3) is 0.412. The molecule has 0 bridgehead atoms. The first-order valence-corrected chi connectivity index (χ1v) is 8.08. The normalized spacial score (nSPS) is 16.7. The van der Waals surface area contributed by atoms with Gasteiger partial charge in [-0.15, -0.1) is 6.58 Å². The summed E-state index contributed by atoms with van der Waals surface area (Å²) in [4.78, 5) is 28.3. The molecule has 1 unspecified atom stereocenters. The summed E-state index contributed by atoms with van der Waals surface area (Å²) in [5.41, 5.74) is 0.600. The van der Waals surface area contributed by atoms with E-state index in [9.17, 15) is 9.59 Å². The Morgan fingerprint density at radius 3 is 2.65 bits per heavy atom. The second-order valence-electron chi connectivity index (χ2n) is 5.55.